The van der Waals surface area contributed by atoms with Crippen molar-refractivity contribution >= 4 is 15.8 Å². The van der Waals surface area contributed by atoms with E-state index in [1.165, 1.54) is 38.5 Å². The summed E-state index contributed by atoms with van der Waals surface area (Å²) >= 11 is 0. The fraction of sp³-hybridized carbons (Fsp3) is 0.500. The van der Waals surface area contributed by atoms with Crippen molar-refractivity contribution in [3.05, 3.63) is 29.8 Å². The average Bonchev–Trinajstić information content (AvgIpc) is 2.48. The summed E-state index contributed by atoms with van der Waals surface area (Å²) in [7, 11) is -0.797. The zero-order valence-corrected chi connectivity index (χ0v) is 13.3. The lowest BCUT2D eigenvalue weighted by Gasteiger charge is -2.14. The predicted octanol–water partition coefficient (Wildman–Crippen LogP) is 1.57. The Labute approximate surface area is 125 Å². The van der Waals surface area contributed by atoms with Gasteiger partial charge in [0, 0.05) is 26.2 Å². The Kier molecular flexibility index (Phi) is 6.97. The van der Waals surface area contributed by atoms with Crippen LogP contribution in [0.4, 0.5) is 0 Å². The van der Waals surface area contributed by atoms with E-state index in [1.54, 1.807) is 0 Å². The van der Waals surface area contributed by atoms with Crippen molar-refractivity contribution in [3.8, 4) is 0 Å². The van der Waals surface area contributed by atoms with Crippen molar-refractivity contribution in [3.63, 3.8) is 0 Å². The van der Waals surface area contributed by atoms with Gasteiger partial charge in [0.1, 0.15) is 0 Å². The number of carbonyl (C=O) groups is 1. The van der Waals surface area contributed by atoms with Crippen LogP contribution in [0.25, 0.3) is 0 Å². The second-order valence-corrected chi connectivity index (χ2v) is 6.22. The van der Waals surface area contributed by atoms with Gasteiger partial charge in [0.2, 0.25) is 10.0 Å². The summed E-state index contributed by atoms with van der Waals surface area (Å²) in [4.78, 5) is 11.8. The molecular formula is C14H21NO5S. The van der Waals surface area contributed by atoms with E-state index in [1.807, 2.05) is 6.92 Å². The molecule has 6 nitrogen and oxygen atoms in total. The monoisotopic (exact) mass is 315 g/mol. The summed E-state index contributed by atoms with van der Waals surface area (Å²) in [5.74, 6) is 0.00763. The molecule has 0 amide bonds. The van der Waals surface area contributed by atoms with Crippen LogP contribution in [-0.4, -0.2) is 41.3 Å². The lowest BCUT2D eigenvalue weighted by Crippen LogP contribution is -2.34. The SMILES string of the molecule is CCCC(=O)c1ccc(S(=O)(=O)NCC(OC)OC)cc1. The van der Waals surface area contributed by atoms with Crippen LogP contribution in [0.15, 0.2) is 29.2 Å². The minimum absolute atomic E-state index is 0.00580. The molecule has 0 atom stereocenters. The number of hydrogen-bond donors (Lipinski definition) is 1. The van der Waals surface area contributed by atoms with Crippen molar-refractivity contribution in [1.82, 2.24) is 4.72 Å². The first-order valence-electron chi connectivity index (χ1n) is 6.63. The third-order valence-electron chi connectivity index (χ3n) is 2.93. The average molecular weight is 315 g/mol. The molecule has 0 radical (unpaired) electrons. The number of ketones is 1. The van der Waals surface area contributed by atoms with Crippen molar-refractivity contribution in [2.75, 3.05) is 20.8 Å². The molecule has 0 fully saturated rings. The first-order valence-corrected chi connectivity index (χ1v) is 8.11. The highest BCUT2D eigenvalue weighted by atomic mass is 32.2. The number of carbonyl (C=O) groups excluding carboxylic acids is 1. The number of sulfonamides is 1. The molecule has 0 aromatic heterocycles. The van der Waals surface area contributed by atoms with E-state index in [-0.39, 0.29) is 17.2 Å². The summed E-state index contributed by atoms with van der Waals surface area (Å²) < 4.78 is 36.4. The van der Waals surface area contributed by atoms with Gasteiger partial charge in [0.05, 0.1) is 11.4 Å². The largest absolute Gasteiger partial charge is 0.355 e. The minimum Gasteiger partial charge on any atom is -0.355 e. The quantitative estimate of drug-likeness (QED) is 0.552. The standard InChI is InChI=1S/C14H21NO5S/c1-4-5-13(16)11-6-8-12(9-7-11)21(17,18)15-10-14(19-2)20-3/h6-9,14-15H,4-5,10H2,1-3H3. The van der Waals surface area contributed by atoms with Gasteiger partial charge < -0.3 is 9.47 Å². The summed E-state index contributed by atoms with van der Waals surface area (Å²) in [6, 6.07) is 5.88. The molecule has 0 aliphatic carbocycles. The number of Topliss-reactive ketones (excluding diaryl/α,β-unsaturated/α-hetero) is 1. The van der Waals surface area contributed by atoms with Crippen LogP contribution in [0.5, 0.6) is 0 Å². The van der Waals surface area contributed by atoms with Gasteiger partial charge in [0.25, 0.3) is 0 Å². The fourth-order valence-electron chi connectivity index (χ4n) is 1.72. The molecule has 0 saturated heterocycles. The second kappa shape index (κ2) is 8.23. The molecule has 0 heterocycles. The van der Waals surface area contributed by atoms with E-state index in [4.69, 9.17) is 9.47 Å². The molecule has 21 heavy (non-hydrogen) atoms. The highest BCUT2D eigenvalue weighted by Crippen LogP contribution is 2.12. The van der Waals surface area contributed by atoms with Crippen molar-refractivity contribution in [1.29, 1.82) is 0 Å². The molecule has 0 spiro atoms. The summed E-state index contributed by atoms with van der Waals surface area (Å²) in [5, 5.41) is 0. The third-order valence-corrected chi connectivity index (χ3v) is 4.37. The molecule has 0 saturated carbocycles. The topological polar surface area (TPSA) is 81.7 Å². The van der Waals surface area contributed by atoms with Gasteiger partial charge in [-0.1, -0.05) is 19.1 Å². The number of hydrogen-bond acceptors (Lipinski definition) is 5. The van der Waals surface area contributed by atoms with Gasteiger partial charge in [0.15, 0.2) is 12.1 Å². The van der Waals surface area contributed by atoms with E-state index >= 15 is 0 Å². The Morgan fingerprint density at radius 1 is 1.19 bits per heavy atom. The zero-order chi connectivity index (χ0) is 15.9. The van der Waals surface area contributed by atoms with Crippen LogP contribution in [0.2, 0.25) is 0 Å². The van der Waals surface area contributed by atoms with E-state index < -0.39 is 16.3 Å². The number of methoxy groups -OCH3 is 2. The molecule has 0 bridgehead atoms. The van der Waals surface area contributed by atoms with E-state index in [0.29, 0.717) is 12.0 Å². The number of nitrogens with one attached hydrogen (secondary N) is 1. The Balaban J connectivity index is 2.78. The first-order chi connectivity index (χ1) is 9.94. The lowest BCUT2D eigenvalue weighted by molar-refractivity contribution is -0.0960. The third kappa shape index (κ3) is 5.20. The van der Waals surface area contributed by atoms with Crippen LogP contribution in [0.3, 0.4) is 0 Å². The lowest BCUT2D eigenvalue weighted by atomic mass is 10.1. The van der Waals surface area contributed by atoms with Gasteiger partial charge in [-0.15, -0.1) is 0 Å². The van der Waals surface area contributed by atoms with Crippen molar-refractivity contribution in [2.24, 2.45) is 0 Å². The highest BCUT2D eigenvalue weighted by molar-refractivity contribution is 7.89. The number of rotatable bonds is 9. The van der Waals surface area contributed by atoms with Gasteiger partial charge in [-0.2, -0.15) is 0 Å². The van der Waals surface area contributed by atoms with Gasteiger partial charge in [-0.05, 0) is 18.6 Å². The minimum atomic E-state index is -3.65. The molecule has 7 heteroatoms. The molecule has 0 aliphatic heterocycles. The van der Waals surface area contributed by atoms with Crippen molar-refractivity contribution < 1.29 is 22.7 Å². The van der Waals surface area contributed by atoms with Crippen molar-refractivity contribution in [2.45, 2.75) is 31.0 Å². The molecule has 1 aromatic carbocycles. The maximum atomic E-state index is 12.1. The van der Waals surface area contributed by atoms with Gasteiger partial charge in [-0.3, -0.25) is 4.79 Å². The molecule has 1 N–H and O–H groups in total. The molecule has 0 unspecified atom stereocenters. The molecular weight excluding hydrogens is 294 g/mol. The Hall–Kier alpha value is -1.28. The van der Waals surface area contributed by atoms with Crippen LogP contribution in [0.1, 0.15) is 30.1 Å². The fourth-order valence-corrected chi connectivity index (χ4v) is 2.73. The maximum absolute atomic E-state index is 12.1. The Morgan fingerprint density at radius 3 is 2.24 bits per heavy atom. The zero-order valence-electron chi connectivity index (χ0n) is 12.5. The van der Waals surface area contributed by atoms with Crippen LogP contribution < -0.4 is 4.72 Å². The van der Waals surface area contributed by atoms with E-state index in [9.17, 15) is 13.2 Å². The summed E-state index contributed by atoms with van der Waals surface area (Å²) in [5.41, 5.74) is 0.516. The second-order valence-electron chi connectivity index (χ2n) is 4.45. The summed E-state index contributed by atoms with van der Waals surface area (Å²) in [6.07, 6.45) is 0.564. The smallest absolute Gasteiger partial charge is 0.240 e. The maximum Gasteiger partial charge on any atom is 0.240 e. The van der Waals surface area contributed by atoms with Crippen LogP contribution in [0, 0.1) is 0 Å². The Bertz CT molecular complexity index is 549. The normalized spacial score (nSPS) is 11.8. The first kappa shape index (κ1) is 17.8. The van der Waals surface area contributed by atoms with Gasteiger partial charge in [-0.25, -0.2) is 13.1 Å². The molecule has 1 aromatic rings. The van der Waals surface area contributed by atoms with Crippen LogP contribution in [-0.2, 0) is 19.5 Å². The molecule has 1 rings (SSSR count). The molecule has 118 valence electrons. The van der Waals surface area contributed by atoms with E-state index in [2.05, 4.69) is 4.72 Å². The van der Waals surface area contributed by atoms with Crippen LogP contribution >= 0.6 is 0 Å². The van der Waals surface area contributed by atoms with E-state index in [0.717, 1.165) is 6.42 Å². The number of ether oxygens (including phenoxy) is 2. The number of benzene rings is 1. The molecule has 0 aliphatic rings. The van der Waals surface area contributed by atoms with Gasteiger partial charge >= 0.3 is 0 Å². The highest BCUT2D eigenvalue weighted by Gasteiger charge is 2.17. The summed E-state index contributed by atoms with van der Waals surface area (Å²) in [6.45, 7) is 1.93. The Morgan fingerprint density at radius 2 is 1.76 bits per heavy atom. The predicted molar refractivity (Wildman–Crippen MR) is 78.7 cm³/mol.